The summed E-state index contributed by atoms with van der Waals surface area (Å²) in [6.45, 7) is 2.69. The van der Waals surface area contributed by atoms with Crippen LogP contribution in [-0.2, 0) is 0 Å². The van der Waals surface area contributed by atoms with Crippen LogP contribution in [0.25, 0.3) is 5.78 Å². The average molecular weight is 362 g/mol. The second-order valence-corrected chi connectivity index (χ2v) is 6.30. The van der Waals surface area contributed by atoms with Gasteiger partial charge in [-0.3, -0.25) is 4.79 Å². The van der Waals surface area contributed by atoms with Gasteiger partial charge in [0.15, 0.2) is 0 Å². The van der Waals surface area contributed by atoms with E-state index >= 15 is 0 Å². The number of hydrogen-bond donors (Lipinski definition) is 0. The number of likely N-dealkylation sites (tertiary alicyclic amines) is 1. The van der Waals surface area contributed by atoms with Crippen molar-refractivity contribution in [3.05, 3.63) is 41.3 Å². The number of rotatable bonds is 3. The highest BCUT2D eigenvalue weighted by Gasteiger charge is 2.30. The summed E-state index contributed by atoms with van der Waals surface area (Å²) in [6, 6.07) is 2.94. The number of hydrogen-bond acceptors (Lipinski definition) is 6. The van der Waals surface area contributed by atoms with Crippen molar-refractivity contribution in [2.45, 2.75) is 32.1 Å². The van der Waals surface area contributed by atoms with Crippen LogP contribution in [0.3, 0.4) is 0 Å². The number of amides is 1. The van der Waals surface area contributed by atoms with Crippen molar-refractivity contribution in [1.29, 1.82) is 0 Å². The Bertz CT molecular complexity index is 953. The van der Waals surface area contributed by atoms with E-state index < -0.39 is 6.43 Å². The van der Waals surface area contributed by atoms with Crippen molar-refractivity contribution in [3.8, 4) is 0 Å². The molecule has 1 aliphatic rings. The number of nitrogens with zero attached hydrogens (tertiary/aromatic N) is 6. The molecule has 10 heteroatoms. The normalized spacial score (nSPS) is 18.0. The quantitative estimate of drug-likeness (QED) is 0.711. The molecule has 1 aliphatic heterocycles. The molecule has 4 rings (SSSR count). The Morgan fingerprint density at radius 2 is 2.23 bits per heavy atom. The van der Waals surface area contributed by atoms with Gasteiger partial charge in [-0.15, -0.1) is 0 Å². The molecule has 0 aromatic carbocycles. The van der Waals surface area contributed by atoms with E-state index in [4.69, 9.17) is 4.52 Å². The van der Waals surface area contributed by atoms with Crippen molar-refractivity contribution >= 4 is 11.7 Å². The molecule has 1 fully saturated rings. The molecule has 1 saturated heterocycles. The monoisotopic (exact) mass is 362 g/mol. The van der Waals surface area contributed by atoms with Gasteiger partial charge in [-0.2, -0.15) is 10.1 Å². The zero-order valence-corrected chi connectivity index (χ0v) is 14.0. The molecule has 136 valence electrons. The molecule has 3 aromatic heterocycles. The summed E-state index contributed by atoms with van der Waals surface area (Å²) in [4.78, 5) is 22.0. The molecule has 26 heavy (non-hydrogen) atoms. The van der Waals surface area contributed by atoms with Crippen LogP contribution >= 0.6 is 0 Å². The molecule has 0 N–H and O–H groups in total. The van der Waals surface area contributed by atoms with Crippen LogP contribution in [0.4, 0.5) is 8.78 Å². The fourth-order valence-corrected chi connectivity index (χ4v) is 3.28. The minimum atomic E-state index is -2.70. The number of halogens is 2. The van der Waals surface area contributed by atoms with Gasteiger partial charge in [-0.05, 0) is 25.8 Å². The average Bonchev–Trinajstić information content (AvgIpc) is 3.29. The molecule has 0 bridgehead atoms. The smallest absolute Gasteiger partial charge is 0.292 e. The van der Waals surface area contributed by atoms with Gasteiger partial charge in [0.1, 0.15) is 12.0 Å². The molecular formula is C16H16F2N6O2. The molecule has 0 radical (unpaired) electrons. The molecule has 8 nitrogen and oxygen atoms in total. The fraction of sp³-hybridized carbons (Fsp3) is 0.438. The summed E-state index contributed by atoms with van der Waals surface area (Å²) in [5.74, 6) is -0.0983. The molecule has 1 amide bonds. The van der Waals surface area contributed by atoms with Gasteiger partial charge in [0.2, 0.25) is 5.76 Å². The SMILES string of the molecule is Cc1cc(C(=O)N2CCC[C@H](c3cc(C(F)F)nc4ncnn34)C2)on1. The number of aryl methyl sites for hydroxylation is 1. The van der Waals surface area contributed by atoms with Crippen molar-refractivity contribution in [2.24, 2.45) is 0 Å². The largest absolute Gasteiger partial charge is 0.351 e. The number of piperidine rings is 1. The standard InChI is InChI=1S/C16H16F2N6O2/c1-9-5-13(26-22-9)15(25)23-4-2-3-10(7-23)12-6-11(14(17)18)21-16-19-8-20-24(12)16/h5-6,8,10,14H,2-4,7H2,1H3/t10-/m0/s1. The first-order valence-corrected chi connectivity index (χ1v) is 8.24. The summed E-state index contributed by atoms with van der Waals surface area (Å²) in [6.07, 6.45) is 0.0748. The Kier molecular flexibility index (Phi) is 4.09. The maximum absolute atomic E-state index is 13.2. The predicted octanol–water partition coefficient (Wildman–Crippen LogP) is 2.38. The second kappa shape index (κ2) is 6.43. The molecule has 4 heterocycles. The van der Waals surface area contributed by atoms with E-state index in [1.54, 1.807) is 17.9 Å². The number of aromatic nitrogens is 5. The van der Waals surface area contributed by atoms with Crippen LogP contribution in [0.5, 0.6) is 0 Å². The number of carbonyl (C=O) groups excluding carboxylic acids is 1. The lowest BCUT2D eigenvalue weighted by Gasteiger charge is -2.32. The van der Waals surface area contributed by atoms with E-state index in [9.17, 15) is 13.6 Å². The summed E-state index contributed by atoms with van der Waals surface area (Å²) in [5, 5.41) is 7.83. The first kappa shape index (κ1) is 16.6. The molecular weight excluding hydrogens is 346 g/mol. The van der Waals surface area contributed by atoms with Crippen LogP contribution in [0.1, 0.15) is 52.8 Å². The number of carbonyl (C=O) groups is 1. The van der Waals surface area contributed by atoms with Crippen molar-refractivity contribution in [2.75, 3.05) is 13.1 Å². The third-order valence-corrected chi connectivity index (χ3v) is 4.49. The van der Waals surface area contributed by atoms with E-state index in [1.165, 1.54) is 16.9 Å². The fourth-order valence-electron chi connectivity index (χ4n) is 3.28. The van der Waals surface area contributed by atoms with Crippen molar-refractivity contribution < 1.29 is 18.1 Å². The minimum Gasteiger partial charge on any atom is -0.351 e. The first-order valence-electron chi connectivity index (χ1n) is 8.24. The van der Waals surface area contributed by atoms with Crippen molar-refractivity contribution in [1.82, 2.24) is 29.6 Å². The third kappa shape index (κ3) is 2.91. The van der Waals surface area contributed by atoms with Crippen LogP contribution < -0.4 is 0 Å². The van der Waals surface area contributed by atoms with Crippen LogP contribution in [0.15, 0.2) is 23.0 Å². The van der Waals surface area contributed by atoms with E-state index in [2.05, 4.69) is 20.2 Å². The topological polar surface area (TPSA) is 89.4 Å². The van der Waals surface area contributed by atoms with Gasteiger partial charge in [0.05, 0.1) is 11.4 Å². The highest BCUT2D eigenvalue weighted by Crippen LogP contribution is 2.30. The maximum Gasteiger partial charge on any atom is 0.292 e. The molecule has 1 atom stereocenters. The van der Waals surface area contributed by atoms with E-state index in [0.717, 1.165) is 12.8 Å². The second-order valence-electron chi connectivity index (χ2n) is 6.30. The summed E-state index contributed by atoms with van der Waals surface area (Å²) < 4.78 is 32.9. The Morgan fingerprint density at radius 1 is 1.38 bits per heavy atom. The van der Waals surface area contributed by atoms with Gasteiger partial charge in [-0.1, -0.05) is 5.16 Å². The Hall–Kier alpha value is -2.91. The lowest BCUT2D eigenvalue weighted by atomic mass is 9.94. The molecule has 0 saturated carbocycles. The van der Waals surface area contributed by atoms with E-state index in [0.29, 0.717) is 24.5 Å². The summed E-state index contributed by atoms with van der Waals surface area (Å²) >= 11 is 0. The van der Waals surface area contributed by atoms with E-state index in [-0.39, 0.29) is 29.1 Å². The summed E-state index contributed by atoms with van der Waals surface area (Å²) in [5.41, 5.74) is 0.866. The van der Waals surface area contributed by atoms with Gasteiger partial charge in [0.25, 0.3) is 18.1 Å². The highest BCUT2D eigenvalue weighted by molar-refractivity contribution is 5.91. The van der Waals surface area contributed by atoms with Crippen LogP contribution in [0, 0.1) is 6.92 Å². The predicted molar refractivity (Wildman–Crippen MR) is 84.9 cm³/mol. The molecule has 0 aliphatic carbocycles. The Balaban J connectivity index is 1.65. The number of fused-ring (bicyclic) bond motifs is 1. The Labute approximate surface area is 146 Å². The zero-order valence-electron chi connectivity index (χ0n) is 14.0. The van der Waals surface area contributed by atoms with Gasteiger partial charge < -0.3 is 9.42 Å². The number of alkyl halides is 2. The van der Waals surface area contributed by atoms with E-state index in [1.807, 2.05) is 0 Å². The van der Waals surface area contributed by atoms with Crippen LogP contribution in [-0.4, -0.2) is 48.6 Å². The minimum absolute atomic E-state index is 0.132. The molecule has 0 spiro atoms. The van der Waals surface area contributed by atoms with Gasteiger partial charge >= 0.3 is 0 Å². The van der Waals surface area contributed by atoms with Crippen molar-refractivity contribution in [3.63, 3.8) is 0 Å². The molecule has 0 unspecified atom stereocenters. The molecule has 3 aromatic rings. The van der Waals surface area contributed by atoms with Gasteiger partial charge in [0, 0.05) is 25.1 Å². The van der Waals surface area contributed by atoms with Crippen LogP contribution in [0.2, 0.25) is 0 Å². The lowest BCUT2D eigenvalue weighted by Crippen LogP contribution is -2.39. The zero-order chi connectivity index (χ0) is 18.3. The Morgan fingerprint density at radius 3 is 2.96 bits per heavy atom. The maximum atomic E-state index is 13.2. The van der Waals surface area contributed by atoms with Gasteiger partial charge in [-0.25, -0.2) is 18.3 Å². The summed E-state index contributed by atoms with van der Waals surface area (Å²) in [7, 11) is 0. The lowest BCUT2D eigenvalue weighted by molar-refractivity contribution is 0.0662. The highest BCUT2D eigenvalue weighted by atomic mass is 19.3. The first-order chi connectivity index (χ1) is 12.5. The third-order valence-electron chi connectivity index (χ3n) is 4.49.